The van der Waals surface area contributed by atoms with Gasteiger partial charge in [0.1, 0.15) is 0 Å². The van der Waals surface area contributed by atoms with Crippen molar-refractivity contribution in [1.29, 1.82) is 0 Å². The van der Waals surface area contributed by atoms with Gasteiger partial charge in [-0.2, -0.15) is 8.78 Å². The lowest BCUT2D eigenvalue weighted by atomic mass is 9.90. The molecular weight excluding hydrogens is 294 g/mol. The van der Waals surface area contributed by atoms with Crippen molar-refractivity contribution < 1.29 is 17.2 Å². The highest BCUT2D eigenvalue weighted by molar-refractivity contribution is 7.92. The number of rotatable bonds is 3. The van der Waals surface area contributed by atoms with Crippen molar-refractivity contribution in [2.75, 3.05) is 0 Å². The number of sulfone groups is 1. The zero-order valence-corrected chi connectivity index (χ0v) is 12.1. The molecule has 0 saturated carbocycles. The molecule has 6 heteroatoms. The van der Waals surface area contributed by atoms with Crippen molar-refractivity contribution in [1.82, 2.24) is 0 Å². The number of halogens is 3. The molecule has 19 heavy (non-hydrogen) atoms. The molecule has 2 nitrogen and oxygen atoms in total. The van der Waals surface area contributed by atoms with E-state index in [1.807, 2.05) is 6.92 Å². The van der Waals surface area contributed by atoms with Gasteiger partial charge in [-0.15, -0.1) is 0 Å². The Morgan fingerprint density at radius 1 is 1.42 bits per heavy atom. The van der Waals surface area contributed by atoms with Gasteiger partial charge >= 0.3 is 5.25 Å². The molecule has 1 heterocycles. The number of fused-ring (bicyclic) bond motifs is 1. The molecule has 0 radical (unpaired) electrons. The molecule has 0 bridgehead atoms. The van der Waals surface area contributed by atoms with Gasteiger partial charge in [0.05, 0.1) is 4.90 Å². The summed E-state index contributed by atoms with van der Waals surface area (Å²) < 4.78 is 51.5. The molecule has 0 fully saturated rings. The first kappa shape index (κ1) is 14.7. The van der Waals surface area contributed by atoms with Gasteiger partial charge < -0.3 is 0 Å². The third kappa shape index (κ3) is 2.50. The molecule has 1 unspecified atom stereocenters. The summed E-state index contributed by atoms with van der Waals surface area (Å²) in [6.07, 6.45) is 1.61. The monoisotopic (exact) mass is 308 g/mol. The summed E-state index contributed by atoms with van der Waals surface area (Å²) in [5.41, 5.74) is 0.476. The molecule has 106 valence electrons. The maximum atomic E-state index is 13.8. The Morgan fingerprint density at radius 3 is 2.74 bits per heavy atom. The van der Waals surface area contributed by atoms with Crippen LogP contribution in [0.4, 0.5) is 8.78 Å². The van der Waals surface area contributed by atoms with Crippen LogP contribution in [0.15, 0.2) is 23.1 Å². The van der Waals surface area contributed by atoms with Crippen molar-refractivity contribution in [2.24, 2.45) is 0 Å². The highest BCUT2D eigenvalue weighted by atomic mass is 35.5. The molecule has 1 aliphatic rings. The molecule has 0 spiro atoms. The Balaban J connectivity index is 2.56. The highest BCUT2D eigenvalue weighted by Crippen LogP contribution is 2.47. The summed E-state index contributed by atoms with van der Waals surface area (Å²) in [6, 6.07) is 4.25. The number of alkyl halides is 2. The van der Waals surface area contributed by atoms with Crippen LogP contribution in [0.2, 0.25) is 5.02 Å². The molecule has 0 amide bonds. The van der Waals surface area contributed by atoms with Gasteiger partial charge in [-0.05, 0) is 30.0 Å². The van der Waals surface area contributed by atoms with E-state index in [2.05, 4.69) is 0 Å². The Morgan fingerprint density at radius 2 is 2.11 bits per heavy atom. The zero-order chi connectivity index (χ0) is 14.3. The van der Waals surface area contributed by atoms with Crippen LogP contribution in [0.3, 0.4) is 0 Å². The normalized spacial score (nSPS) is 23.9. The number of benzene rings is 1. The van der Waals surface area contributed by atoms with Gasteiger partial charge in [0.25, 0.3) is 0 Å². The second kappa shape index (κ2) is 5.02. The molecule has 1 aromatic carbocycles. The maximum Gasteiger partial charge on any atom is 0.350 e. The fourth-order valence-corrected chi connectivity index (χ4v) is 4.26. The summed E-state index contributed by atoms with van der Waals surface area (Å²) in [5, 5.41) is -3.54. The minimum atomic E-state index is -4.62. The van der Waals surface area contributed by atoms with E-state index in [-0.39, 0.29) is 9.92 Å². The van der Waals surface area contributed by atoms with Crippen LogP contribution >= 0.6 is 11.6 Å². The van der Waals surface area contributed by atoms with E-state index < -0.39 is 27.4 Å². The number of hydrogen-bond acceptors (Lipinski definition) is 2. The van der Waals surface area contributed by atoms with Gasteiger partial charge in [-0.1, -0.05) is 37.4 Å². The van der Waals surface area contributed by atoms with Crippen LogP contribution in [-0.2, 0) is 9.84 Å². The van der Waals surface area contributed by atoms with Crippen LogP contribution in [0, 0.1) is 0 Å². The van der Waals surface area contributed by atoms with Crippen LogP contribution in [-0.4, -0.2) is 13.7 Å². The SMILES string of the molecule is CCCCC1CC(F)(F)S(=O)(=O)c2cc(Cl)ccc21. The number of unbranched alkanes of at least 4 members (excludes halogenated alkanes) is 1. The van der Waals surface area contributed by atoms with Gasteiger partial charge in [0.2, 0.25) is 9.84 Å². The molecule has 0 saturated heterocycles. The first-order valence-corrected chi connectivity index (χ1v) is 8.07. The predicted octanol–water partition coefficient (Wildman–Crippen LogP) is 4.38. The second-order valence-electron chi connectivity index (χ2n) is 4.87. The zero-order valence-electron chi connectivity index (χ0n) is 10.5. The largest absolute Gasteiger partial charge is 0.350 e. The Bertz CT molecular complexity index is 584. The van der Waals surface area contributed by atoms with Crippen LogP contribution in [0.1, 0.15) is 44.1 Å². The molecule has 2 rings (SSSR count). The van der Waals surface area contributed by atoms with E-state index in [9.17, 15) is 17.2 Å². The fraction of sp³-hybridized carbons (Fsp3) is 0.538. The third-order valence-corrected chi connectivity index (χ3v) is 5.61. The van der Waals surface area contributed by atoms with E-state index in [1.54, 1.807) is 12.1 Å². The molecule has 0 aliphatic carbocycles. The van der Waals surface area contributed by atoms with E-state index in [0.29, 0.717) is 12.0 Å². The predicted molar refractivity (Wildman–Crippen MR) is 70.5 cm³/mol. The van der Waals surface area contributed by atoms with Gasteiger partial charge in [0, 0.05) is 11.4 Å². The summed E-state index contributed by atoms with van der Waals surface area (Å²) >= 11 is 5.74. The Hall–Kier alpha value is -0.680. The van der Waals surface area contributed by atoms with E-state index >= 15 is 0 Å². The summed E-state index contributed by atoms with van der Waals surface area (Å²) in [7, 11) is -4.62. The number of hydrogen-bond donors (Lipinski definition) is 0. The van der Waals surface area contributed by atoms with Crippen molar-refractivity contribution in [3.05, 3.63) is 28.8 Å². The lowest BCUT2D eigenvalue weighted by Gasteiger charge is -2.31. The standard InChI is InChI=1S/C13H15ClF2O2S/c1-2-3-4-9-8-13(15,16)19(17,18)12-7-10(14)5-6-11(9)12/h5-7,9H,2-4,8H2,1H3. The first-order chi connectivity index (χ1) is 8.79. The third-order valence-electron chi connectivity index (χ3n) is 3.49. The van der Waals surface area contributed by atoms with Crippen molar-refractivity contribution in [3.8, 4) is 0 Å². The second-order valence-corrected chi connectivity index (χ2v) is 7.35. The summed E-state index contributed by atoms with van der Waals surface area (Å²) in [6.45, 7) is 1.97. The molecule has 1 aromatic rings. The lowest BCUT2D eigenvalue weighted by molar-refractivity contribution is 0.0675. The minimum absolute atomic E-state index is 0.161. The van der Waals surface area contributed by atoms with Gasteiger partial charge in [-0.3, -0.25) is 0 Å². The van der Waals surface area contributed by atoms with Crippen LogP contribution < -0.4 is 0 Å². The van der Waals surface area contributed by atoms with Crippen LogP contribution in [0.25, 0.3) is 0 Å². The molecule has 0 aromatic heterocycles. The van der Waals surface area contributed by atoms with E-state index in [0.717, 1.165) is 18.9 Å². The molecule has 1 atom stereocenters. The maximum absolute atomic E-state index is 13.8. The minimum Gasteiger partial charge on any atom is -0.217 e. The van der Waals surface area contributed by atoms with E-state index in [4.69, 9.17) is 11.6 Å². The van der Waals surface area contributed by atoms with E-state index in [1.165, 1.54) is 0 Å². The highest BCUT2D eigenvalue weighted by Gasteiger charge is 2.52. The topological polar surface area (TPSA) is 34.1 Å². The smallest absolute Gasteiger partial charge is 0.217 e. The summed E-state index contributed by atoms with van der Waals surface area (Å²) in [5.74, 6) is -0.425. The average molecular weight is 309 g/mol. The quantitative estimate of drug-likeness (QED) is 0.830. The molecule has 1 aliphatic heterocycles. The van der Waals surface area contributed by atoms with Crippen molar-refractivity contribution in [3.63, 3.8) is 0 Å². The fourth-order valence-electron chi connectivity index (χ4n) is 2.45. The molecular formula is C13H15ClF2O2S. The van der Waals surface area contributed by atoms with Gasteiger partial charge in [-0.25, -0.2) is 8.42 Å². The molecule has 0 N–H and O–H groups in total. The van der Waals surface area contributed by atoms with Crippen molar-refractivity contribution in [2.45, 2.75) is 48.7 Å². The lowest BCUT2D eigenvalue weighted by Crippen LogP contribution is -2.36. The van der Waals surface area contributed by atoms with Gasteiger partial charge in [0.15, 0.2) is 0 Å². The summed E-state index contributed by atoms with van der Waals surface area (Å²) in [4.78, 5) is -0.308. The Labute approximate surface area is 116 Å². The first-order valence-electron chi connectivity index (χ1n) is 6.21. The average Bonchev–Trinajstić information content (AvgIpc) is 2.33. The Kier molecular flexibility index (Phi) is 3.89. The van der Waals surface area contributed by atoms with Crippen LogP contribution in [0.5, 0.6) is 0 Å². The van der Waals surface area contributed by atoms with Crippen molar-refractivity contribution >= 4 is 21.4 Å².